The van der Waals surface area contributed by atoms with Crippen LogP contribution in [0.5, 0.6) is 5.75 Å². The second-order valence-corrected chi connectivity index (χ2v) is 6.44. The first kappa shape index (κ1) is 18.2. The molecule has 2 atom stereocenters. The molecule has 0 bridgehead atoms. The molecule has 1 saturated heterocycles. The largest absolute Gasteiger partial charge is 0.484 e. The number of carbonyl (C=O) groups is 1. The number of nitrogens with zero attached hydrogens (tertiary/aromatic N) is 2. The zero-order chi connectivity index (χ0) is 17.5. The number of amides is 1. The number of benzene rings is 1. The highest BCUT2D eigenvalue weighted by Gasteiger charge is 2.21. The number of hydrogen-bond acceptors (Lipinski definition) is 5. The first-order chi connectivity index (χ1) is 11.5. The third-order valence-electron chi connectivity index (χ3n) is 4.30. The highest BCUT2D eigenvalue weighted by molar-refractivity contribution is 5.77. The van der Waals surface area contributed by atoms with Crippen LogP contribution in [0.2, 0.25) is 0 Å². The summed E-state index contributed by atoms with van der Waals surface area (Å²) in [7, 11) is 0. The van der Waals surface area contributed by atoms with E-state index in [0.717, 1.165) is 13.1 Å². The lowest BCUT2D eigenvalue weighted by molar-refractivity contribution is -0.384. The molecule has 0 radical (unpaired) electrons. The van der Waals surface area contributed by atoms with Crippen LogP contribution < -0.4 is 10.1 Å². The number of ether oxygens (including phenoxy) is 1. The summed E-state index contributed by atoms with van der Waals surface area (Å²) in [5, 5.41) is 13.6. The van der Waals surface area contributed by atoms with E-state index >= 15 is 0 Å². The Labute approximate surface area is 142 Å². The van der Waals surface area contributed by atoms with Crippen molar-refractivity contribution < 1.29 is 14.5 Å². The number of nitro groups is 1. The Hall–Kier alpha value is -2.15. The number of hydrogen-bond donors (Lipinski definition) is 1. The molecule has 1 N–H and O–H groups in total. The lowest BCUT2D eigenvalue weighted by atomic mass is 9.99. The van der Waals surface area contributed by atoms with E-state index in [1.165, 1.54) is 31.0 Å². The van der Waals surface area contributed by atoms with Gasteiger partial charge < -0.3 is 10.1 Å². The molecule has 1 aliphatic heterocycles. The fraction of sp³-hybridized carbons (Fsp3) is 0.588. The summed E-state index contributed by atoms with van der Waals surface area (Å²) in [6.45, 7) is 6.94. The minimum absolute atomic E-state index is 0.0549. The molecule has 7 heteroatoms. The summed E-state index contributed by atoms with van der Waals surface area (Å²) in [5.74, 6) is 0.796. The topological polar surface area (TPSA) is 84.7 Å². The maximum absolute atomic E-state index is 11.9. The van der Waals surface area contributed by atoms with E-state index in [2.05, 4.69) is 24.1 Å². The predicted octanol–water partition coefficient (Wildman–Crippen LogP) is 2.21. The van der Waals surface area contributed by atoms with Gasteiger partial charge in [0.1, 0.15) is 5.75 Å². The highest BCUT2D eigenvalue weighted by Crippen LogP contribution is 2.19. The van der Waals surface area contributed by atoms with Gasteiger partial charge in [-0.05, 0) is 38.3 Å². The number of carbonyl (C=O) groups excluding carboxylic acids is 1. The number of nitrogens with one attached hydrogen (secondary N) is 1. The van der Waals surface area contributed by atoms with E-state index in [1.807, 2.05) is 0 Å². The fourth-order valence-corrected chi connectivity index (χ4v) is 2.90. The number of rotatable bonds is 7. The number of non-ortho nitro benzene ring substituents is 1. The molecule has 0 unspecified atom stereocenters. The van der Waals surface area contributed by atoms with Crippen LogP contribution in [0.25, 0.3) is 0 Å². The monoisotopic (exact) mass is 335 g/mol. The number of likely N-dealkylation sites (tertiary alicyclic amines) is 1. The zero-order valence-corrected chi connectivity index (χ0v) is 14.2. The minimum atomic E-state index is -0.492. The average Bonchev–Trinajstić information content (AvgIpc) is 2.58. The molecule has 1 heterocycles. The van der Waals surface area contributed by atoms with Gasteiger partial charge in [-0.3, -0.25) is 19.8 Å². The molecular formula is C17H25N3O4. The molecule has 24 heavy (non-hydrogen) atoms. The average molecular weight is 335 g/mol. The van der Waals surface area contributed by atoms with Crippen LogP contribution in [-0.2, 0) is 4.79 Å². The maximum Gasteiger partial charge on any atom is 0.273 e. The quantitative estimate of drug-likeness (QED) is 0.610. The van der Waals surface area contributed by atoms with Gasteiger partial charge in [-0.25, -0.2) is 0 Å². The van der Waals surface area contributed by atoms with Gasteiger partial charge in [-0.2, -0.15) is 0 Å². The van der Waals surface area contributed by atoms with Crippen molar-refractivity contribution in [2.75, 3.05) is 26.2 Å². The minimum Gasteiger partial charge on any atom is -0.484 e. The van der Waals surface area contributed by atoms with Crippen LogP contribution in [0.3, 0.4) is 0 Å². The van der Waals surface area contributed by atoms with Crippen molar-refractivity contribution in [2.24, 2.45) is 5.92 Å². The summed E-state index contributed by atoms with van der Waals surface area (Å²) in [4.78, 5) is 24.5. The molecule has 1 aliphatic rings. The van der Waals surface area contributed by atoms with Crippen LogP contribution in [0.1, 0.15) is 26.7 Å². The second-order valence-electron chi connectivity index (χ2n) is 6.44. The number of piperidine rings is 1. The molecule has 0 spiro atoms. The van der Waals surface area contributed by atoms with Crippen molar-refractivity contribution in [3.05, 3.63) is 34.4 Å². The van der Waals surface area contributed by atoms with Crippen LogP contribution in [0.15, 0.2) is 24.3 Å². The van der Waals surface area contributed by atoms with E-state index in [-0.39, 0.29) is 24.2 Å². The van der Waals surface area contributed by atoms with E-state index < -0.39 is 4.92 Å². The molecule has 0 aliphatic carbocycles. The SMILES string of the molecule is C[C@@H]1CCCN([C@@H](C)CNC(=O)COc2cccc([N+](=O)[O-])c2)C1. The molecule has 2 rings (SSSR count). The standard InChI is InChI=1S/C17H25N3O4/c1-13-5-4-8-19(11-13)14(2)10-18-17(21)12-24-16-7-3-6-15(9-16)20(22)23/h3,6-7,9,13-14H,4-5,8,10-12H2,1-2H3,(H,18,21)/t13-,14+/m1/s1. The highest BCUT2D eigenvalue weighted by atomic mass is 16.6. The molecule has 1 amide bonds. The maximum atomic E-state index is 11.9. The summed E-state index contributed by atoms with van der Waals surface area (Å²) < 4.78 is 5.32. The van der Waals surface area contributed by atoms with Crippen LogP contribution in [0.4, 0.5) is 5.69 Å². The summed E-state index contributed by atoms with van der Waals surface area (Å²) >= 11 is 0. The molecule has 7 nitrogen and oxygen atoms in total. The summed E-state index contributed by atoms with van der Waals surface area (Å²) in [6.07, 6.45) is 2.47. The predicted molar refractivity (Wildman–Crippen MR) is 91.0 cm³/mol. The lowest BCUT2D eigenvalue weighted by Crippen LogP contribution is -2.46. The van der Waals surface area contributed by atoms with Gasteiger partial charge in [-0.1, -0.05) is 13.0 Å². The van der Waals surface area contributed by atoms with Gasteiger partial charge in [0.15, 0.2) is 6.61 Å². The van der Waals surface area contributed by atoms with Gasteiger partial charge in [0.05, 0.1) is 11.0 Å². The Morgan fingerprint density at radius 1 is 1.54 bits per heavy atom. The Balaban J connectivity index is 1.73. The molecular weight excluding hydrogens is 310 g/mol. The van der Waals surface area contributed by atoms with Crippen LogP contribution in [-0.4, -0.2) is 48.0 Å². The molecule has 0 aromatic heterocycles. The molecule has 0 saturated carbocycles. The number of nitro benzene ring substituents is 1. The normalized spacial score (nSPS) is 19.5. The van der Waals surface area contributed by atoms with Crippen molar-refractivity contribution in [2.45, 2.75) is 32.7 Å². The van der Waals surface area contributed by atoms with Crippen molar-refractivity contribution in [1.29, 1.82) is 0 Å². The van der Waals surface area contributed by atoms with Gasteiger partial charge in [0.25, 0.3) is 11.6 Å². The Kier molecular flexibility index (Phi) is 6.54. The Morgan fingerprint density at radius 2 is 2.33 bits per heavy atom. The van der Waals surface area contributed by atoms with E-state index in [1.54, 1.807) is 6.07 Å². The van der Waals surface area contributed by atoms with Crippen molar-refractivity contribution in [3.8, 4) is 5.75 Å². The van der Waals surface area contributed by atoms with Gasteiger partial charge in [-0.15, -0.1) is 0 Å². The zero-order valence-electron chi connectivity index (χ0n) is 14.2. The van der Waals surface area contributed by atoms with Crippen LogP contribution >= 0.6 is 0 Å². The Bertz CT molecular complexity index is 579. The molecule has 1 aromatic carbocycles. The third-order valence-corrected chi connectivity index (χ3v) is 4.30. The smallest absolute Gasteiger partial charge is 0.273 e. The van der Waals surface area contributed by atoms with E-state index in [0.29, 0.717) is 18.2 Å². The lowest BCUT2D eigenvalue weighted by Gasteiger charge is -2.35. The van der Waals surface area contributed by atoms with Crippen molar-refractivity contribution >= 4 is 11.6 Å². The Morgan fingerprint density at radius 3 is 3.04 bits per heavy atom. The summed E-state index contributed by atoms with van der Waals surface area (Å²) in [6, 6.07) is 6.11. The van der Waals surface area contributed by atoms with Gasteiger partial charge in [0, 0.05) is 25.2 Å². The second kappa shape index (κ2) is 8.63. The molecule has 132 valence electrons. The summed E-state index contributed by atoms with van der Waals surface area (Å²) in [5.41, 5.74) is -0.0549. The van der Waals surface area contributed by atoms with E-state index in [9.17, 15) is 14.9 Å². The van der Waals surface area contributed by atoms with Gasteiger partial charge >= 0.3 is 0 Å². The molecule has 1 aromatic rings. The van der Waals surface area contributed by atoms with Gasteiger partial charge in [0.2, 0.25) is 0 Å². The van der Waals surface area contributed by atoms with E-state index in [4.69, 9.17) is 4.74 Å². The van der Waals surface area contributed by atoms with Crippen LogP contribution in [0, 0.1) is 16.0 Å². The third kappa shape index (κ3) is 5.49. The van der Waals surface area contributed by atoms with Crippen molar-refractivity contribution in [3.63, 3.8) is 0 Å². The van der Waals surface area contributed by atoms with Crippen molar-refractivity contribution in [1.82, 2.24) is 10.2 Å². The first-order valence-electron chi connectivity index (χ1n) is 8.33. The first-order valence-corrected chi connectivity index (χ1v) is 8.33. The fourth-order valence-electron chi connectivity index (χ4n) is 2.90. The molecule has 1 fully saturated rings.